The van der Waals surface area contributed by atoms with Gasteiger partial charge >= 0.3 is 5.97 Å². The lowest BCUT2D eigenvalue weighted by atomic mass is 9.88. The molecule has 1 amide bonds. The van der Waals surface area contributed by atoms with Crippen LogP contribution in [0.4, 0.5) is 5.69 Å². The fourth-order valence-corrected chi connectivity index (χ4v) is 4.49. The second kappa shape index (κ2) is 14.5. The van der Waals surface area contributed by atoms with Gasteiger partial charge in [-0.05, 0) is 67.0 Å². The van der Waals surface area contributed by atoms with E-state index in [0.29, 0.717) is 31.9 Å². The third-order valence-electron chi connectivity index (χ3n) is 6.92. The summed E-state index contributed by atoms with van der Waals surface area (Å²) in [6.45, 7) is 5.61. The number of aliphatic carboxylic acids is 1. The van der Waals surface area contributed by atoms with Crippen LogP contribution in [0.3, 0.4) is 0 Å². The Hall–Kier alpha value is -3.39. The highest BCUT2D eigenvalue weighted by Gasteiger charge is 2.29. The lowest BCUT2D eigenvalue weighted by molar-refractivity contribution is -0.144. The fraction of sp³-hybridized carbons (Fsp3) is 0.500. The summed E-state index contributed by atoms with van der Waals surface area (Å²) in [4.78, 5) is 38.5. The van der Waals surface area contributed by atoms with Crippen LogP contribution in [0.2, 0.25) is 0 Å². The number of ketones is 1. The van der Waals surface area contributed by atoms with Crippen molar-refractivity contribution < 1.29 is 29.0 Å². The summed E-state index contributed by atoms with van der Waals surface area (Å²) < 4.78 is 11.6. The van der Waals surface area contributed by atoms with Crippen LogP contribution >= 0.6 is 0 Å². The average Bonchev–Trinajstić information content (AvgIpc) is 2.87. The van der Waals surface area contributed by atoms with Crippen LogP contribution in [-0.4, -0.2) is 48.6 Å². The summed E-state index contributed by atoms with van der Waals surface area (Å²) in [7, 11) is 0. The number of hydrogen-bond acceptors (Lipinski definition) is 6. The van der Waals surface area contributed by atoms with Gasteiger partial charge in [0, 0.05) is 31.1 Å². The highest BCUT2D eigenvalue weighted by atomic mass is 16.5. The number of hydrogen-bond donors (Lipinski definition) is 3. The zero-order valence-corrected chi connectivity index (χ0v) is 22.4. The lowest BCUT2D eigenvalue weighted by Gasteiger charge is -2.26. The molecule has 2 aliphatic heterocycles. The minimum absolute atomic E-state index is 0.0404. The molecule has 0 saturated carbocycles. The summed E-state index contributed by atoms with van der Waals surface area (Å²) in [5, 5.41) is 12.9. The van der Waals surface area contributed by atoms with Crippen LogP contribution < -0.4 is 15.8 Å². The van der Waals surface area contributed by atoms with E-state index in [1.165, 1.54) is 0 Å². The topological polar surface area (TPSA) is 128 Å². The molecule has 0 radical (unpaired) electrons. The van der Waals surface area contributed by atoms with E-state index in [1.807, 2.05) is 38.1 Å². The quantitative estimate of drug-likeness (QED) is 0.445. The van der Waals surface area contributed by atoms with Crippen LogP contribution in [0.25, 0.3) is 0 Å². The molecule has 8 heteroatoms. The van der Waals surface area contributed by atoms with Gasteiger partial charge in [-0.2, -0.15) is 0 Å². The molecule has 0 aromatic heterocycles. The third-order valence-corrected chi connectivity index (χ3v) is 6.92. The summed E-state index contributed by atoms with van der Waals surface area (Å²) in [5.41, 5.74) is 8.02. The Kier molecular flexibility index (Phi) is 11.1. The van der Waals surface area contributed by atoms with Crippen molar-refractivity contribution in [1.29, 1.82) is 0 Å². The Labute approximate surface area is 224 Å². The molecule has 2 aromatic rings. The second-order valence-corrected chi connectivity index (χ2v) is 10.5. The number of nitrogen functional groups attached to an aromatic ring is 1. The van der Waals surface area contributed by atoms with Gasteiger partial charge in [0.05, 0.1) is 25.2 Å². The molecule has 3 atom stereocenters. The van der Waals surface area contributed by atoms with E-state index in [-0.39, 0.29) is 42.9 Å². The number of carboxylic acids is 1. The van der Waals surface area contributed by atoms with Crippen molar-refractivity contribution in [3.05, 3.63) is 59.7 Å². The Balaban J connectivity index is 1.75. The maximum absolute atomic E-state index is 13.4. The molecule has 4 rings (SSSR count). The van der Waals surface area contributed by atoms with Gasteiger partial charge in [-0.1, -0.05) is 38.1 Å². The molecule has 2 heterocycles. The van der Waals surface area contributed by atoms with Crippen LogP contribution in [-0.2, 0) is 32.0 Å². The molecule has 2 aromatic carbocycles. The van der Waals surface area contributed by atoms with Gasteiger partial charge in [0.1, 0.15) is 11.5 Å². The van der Waals surface area contributed by atoms with Crippen LogP contribution in [0.1, 0.15) is 50.7 Å². The first-order valence-corrected chi connectivity index (χ1v) is 13.4. The lowest BCUT2D eigenvalue weighted by Crippen LogP contribution is -2.45. The van der Waals surface area contributed by atoms with Gasteiger partial charge in [-0.15, -0.1) is 0 Å². The van der Waals surface area contributed by atoms with E-state index in [1.54, 1.807) is 24.3 Å². The van der Waals surface area contributed by atoms with E-state index in [4.69, 9.17) is 15.2 Å². The molecule has 0 aliphatic carbocycles. The zero-order chi connectivity index (χ0) is 27.5. The van der Waals surface area contributed by atoms with Gasteiger partial charge in [0.25, 0.3) is 0 Å². The first kappa shape index (κ1) is 29.2. The predicted octanol–water partition coefficient (Wildman–Crippen LogP) is 4.05. The average molecular weight is 525 g/mol. The molecule has 0 fully saturated rings. The van der Waals surface area contributed by atoms with Gasteiger partial charge < -0.3 is 25.6 Å². The SMILES string of the molecule is CC(C)[C@H]1COCCCCOc2ccc(cc2)C[C@@H](CC(=O)C[C@@H](Cc2ccc(N)cc2)C(=O)O)C(=O)N1. The Morgan fingerprint density at radius 1 is 1.05 bits per heavy atom. The standard InChI is InChI=1S/C30H40N2O6/c1-20(2)28-19-37-13-3-4-14-38-27-11-7-22(8-12-27)15-23(29(34)32-28)17-26(33)18-24(30(35)36)16-21-5-9-25(31)10-6-21/h5-12,20,23-24,28H,3-4,13-19,31H2,1-2H3,(H,32,34)(H,35,36)/t23-,24+,28+/m0/s1. The predicted molar refractivity (Wildman–Crippen MR) is 146 cm³/mol. The van der Waals surface area contributed by atoms with Crippen LogP contribution in [0, 0.1) is 17.8 Å². The molecule has 2 bridgehead atoms. The summed E-state index contributed by atoms with van der Waals surface area (Å²) in [6.07, 6.45) is 2.12. The van der Waals surface area contributed by atoms with Gasteiger partial charge in [0.2, 0.25) is 5.91 Å². The number of carbonyl (C=O) groups is 3. The molecule has 0 unspecified atom stereocenters. The molecular formula is C30H40N2O6. The normalized spacial score (nSPS) is 19.9. The number of Topliss-reactive ketones (excluding diaryl/α,β-unsaturated/α-hetero) is 1. The second-order valence-electron chi connectivity index (χ2n) is 10.5. The molecule has 206 valence electrons. The number of carboxylic acid groups (broad SMARTS) is 1. The van der Waals surface area contributed by atoms with Crippen molar-refractivity contribution in [3.63, 3.8) is 0 Å². The van der Waals surface area contributed by atoms with Gasteiger partial charge in [-0.25, -0.2) is 0 Å². The van der Waals surface area contributed by atoms with Crippen molar-refractivity contribution in [2.24, 2.45) is 17.8 Å². The van der Waals surface area contributed by atoms with E-state index in [9.17, 15) is 19.5 Å². The third kappa shape index (κ3) is 9.49. The largest absolute Gasteiger partial charge is 0.494 e. The fourth-order valence-electron chi connectivity index (χ4n) is 4.49. The van der Waals surface area contributed by atoms with Crippen LogP contribution in [0.15, 0.2) is 48.5 Å². The van der Waals surface area contributed by atoms with E-state index in [2.05, 4.69) is 5.32 Å². The van der Waals surface area contributed by atoms with Gasteiger partial charge in [-0.3, -0.25) is 14.4 Å². The highest BCUT2D eigenvalue weighted by molar-refractivity contribution is 5.89. The van der Waals surface area contributed by atoms with Crippen molar-refractivity contribution in [2.45, 2.75) is 58.4 Å². The number of benzene rings is 2. The monoisotopic (exact) mass is 524 g/mol. The summed E-state index contributed by atoms with van der Waals surface area (Å²) in [6, 6.07) is 14.3. The number of nitrogens with one attached hydrogen (secondary N) is 1. The number of ether oxygens (including phenoxy) is 2. The van der Waals surface area contributed by atoms with E-state index < -0.39 is 17.8 Å². The van der Waals surface area contributed by atoms with E-state index >= 15 is 0 Å². The molecule has 8 nitrogen and oxygen atoms in total. The molecular weight excluding hydrogens is 484 g/mol. The number of carbonyl (C=O) groups excluding carboxylic acids is 2. The minimum atomic E-state index is -1.04. The van der Waals surface area contributed by atoms with Crippen molar-refractivity contribution in [3.8, 4) is 5.75 Å². The Morgan fingerprint density at radius 2 is 1.74 bits per heavy atom. The molecule has 0 spiro atoms. The molecule has 2 aliphatic rings. The number of rotatable bonds is 8. The van der Waals surface area contributed by atoms with E-state index in [0.717, 1.165) is 29.7 Å². The Bertz CT molecular complexity index is 1050. The van der Waals surface area contributed by atoms with Crippen molar-refractivity contribution in [2.75, 3.05) is 25.6 Å². The van der Waals surface area contributed by atoms with Crippen LogP contribution in [0.5, 0.6) is 5.75 Å². The zero-order valence-electron chi connectivity index (χ0n) is 22.4. The maximum Gasteiger partial charge on any atom is 0.307 e. The minimum Gasteiger partial charge on any atom is -0.494 e. The van der Waals surface area contributed by atoms with Gasteiger partial charge in [0.15, 0.2) is 0 Å². The number of fused-ring (bicyclic) bond motifs is 13. The molecule has 0 saturated heterocycles. The highest BCUT2D eigenvalue weighted by Crippen LogP contribution is 2.22. The molecule has 38 heavy (non-hydrogen) atoms. The first-order chi connectivity index (χ1) is 18.2. The first-order valence-electron chi connectivity index (χ1n) is 13.4. The molecule has 4 N–H and O–H groups in total. The van der Waals surface area contributed by atoms with Crippen molar-refractivity contribution in [1.82, 2.24) is 5.32 Å². The Morgan fingerprint density at radius 3 is 2.39 bits per heavy atom. The number of anilines is 1. The smallest absolute Gasteiger partial charge is 0.307 e. The van der Waals surface area contributed by atoms with Crippen molar-refractivity contribution >= 4 is 23.3 Å². The summed E-state index contributed by atoms with van der Waals surface area (Å²) in [5.74, 6) is -2.12. The summed E-state index contributed by atoms with van der Waals surface area (Å²) >= 11 is 0. The number of amides is 1. The maximum atomic E-state index is 13.4. The number of nitrogens with two attached hydrogens (primary N) is 1.